The summed E-state index contributed by atoms with van der Waals surface area (Å²) in [7, 11) is 1.43. The second kappa shape index (κ2) is 7.21. The monoisotopic (exact) mass is 413 g/mol. The number of phenolic OH excluding ortho intramolecular Hbond substituents is 1. The van der Waals surface area contributed by atoms with Crippen molar-refractivity contribution < 1.29 is 28.9 Å². The van der Waals surface area contributed by atoms with Crippen molar-refractivity contribution in [3.63, 3.8) is 0 Å². The summed E-state index contributed by atoms with van der Waals surface area (Å²) < 4.78 is 18.5. The molecule has 0 aliphatic carbocycles. The number of ether oxygens (including phenoxy) is 1. The van der Waals surface area contributed by atoms with Gasteiger partial charge in [-0.15, -0.1) is 11.3 Å². The molecule has 8 heteroatoms. The molecule has 1 unspecified atom stereocenters. The highest BCUT2D eigenvalue weighted by atomic mass is 32.1. The van der Waals surface area contributed by atoms with E-state index in [-0.39, 0.29) is 28.7 Å². The van der Waals surface area contributed by atoms with Crippen LogP contribution in [0.1, 0.15) is 32.5 Å². The Bertz CT molecular complexity index is 1120. The average molecular weight is 413 g/mol. The molecular formula is C21H16FNO5S. The zero-order valence-corrected chi connectivity index (χ0v) is 16.0. The Kier molecular flexibility index (Phi) is 4.71. The van der Waals surface area contributed by atoms with E-state index in [9.17, 15) is 24.2 Å². The number of methoxy groups -OCH3 is 1. The zero-order valence-electron chi connectivity index (χ0n) is 15.2. The summed E-state index contributed by atoms with van der Waals surface area (Å²) >= 11 is 1.08. The van der Waals surface area contributed by atoms with Gasteiger partial charge in [0.15, 0.2) is 11.5 Å². The molecule has 0 saturated heterocycles. The molecule has 2 heterocycles. The Morgan fingerprint density at radius 1 is 1.24 bits per heavy atom. The number of amides is 1. The smallest absolute Gasteiger partial charge is 0.346 e. The van der Waals surface area contributed by atoms with Crippen molar-refractivity contribution in [1.82, 2.24) is 0 Å². The van der Waals surface area contributed by atoms with Gasteiger partial charge in [-0.05, 0) is 35.4 Å². The molecule has 0 bridgehead atoms. The number of thiophene rings is 1. The Labute approximate surface area is 169 Å². The molecule has 1 aromatic heterocycles. The van der Waals surface area contributed by atoms with Crippen LogP contribution >= 0.6 is 11.3 Å². The lowest BCUT2D eigenvalue weighted by Gasteiger charge is -2.24. The number of fused-ring (bicyclic) bond motifs is 1. The zero-order chi connectivity index (χ0) is 20.7. The van der Waals surface area contributed by atoms with E-state index in [2.05, 4.69) is 5.32 Å². The maximum Gasteiger partial charge on any atom is 0.346 e. The number of carboxylic acid groups (broad SMARTS) is 1. The van der Waals surface area contributed by atoms with Crippen LogP contribution in [0, 0.1) is 5.82 Å². The number of nitrogens with one attached hydrogen (secondary N) is 1. The van der Waals surface area contributed by atoms with Crippen LogP contribution in [0.25, 0.3) is 11.1 Å². The molecule has 0 fully saturated rings. The number of carbonyl (C=O) groups excluding carboxylic acids is 1. The van der Waals surface area contributed by atoms with E-state index >= 15 is 0 Å². The van der Waals surface area contributed by atoms with E-state index in [0.29, 0.717) is 21.7 Å². The van der Waals surface area contributed by atoms with Gasteiger partial charge in [-0.2, -0.15) is 0 Å². The minimum atomic E-state index is -1.12. The van der Waals surface area contributed by atoms with Crippen LogP contribution in [0.15, 0.2) is 42.5 Å². The molecule has 29 heavy (non-hydrogen) atoms. The SMILES string of the molecule is COc1cc(C2CC(=O)Nc3c2sc(C(=O)O)c3-c2ccc(F)cc2)ccc1O. The minimum absolute atomic E-state index is 0.0267. The molecule has 0 radical (unpaired) electrons. The first-order valence-electron chi connectivity index (χ1n) is 8.71. The maximum atomic E-state index is 13.4. The number of halogens is 1. The van der Waals surface area contributed by atoms with Crippen LogP contribution in [-0.4, -0.2) is 29.2 Å². The number of anilines is 1. The molecule has 1 aliphatic heterocycles. The van der Waals surface area contributed by atoms with Crippen LogP contribution in [0.5, 0.6) is 11.5 Å². The lowest BCUT2D eigenvalue weighted by atomic mass is 9.88. The van der Waals surface area contributed by atoms with Gasteiger partial charge in [0.2, 0.25) is 5.91 Å². The molecule has 2 aromatic carbocycles. The van der Waals surface area contributed by atoms with Gasteiger partial charge in [0, 0.05) is 22.8 Å². The summed E-state index contributed by atoms with van der Waals surface area (Å²) in [6.45, 7) is 0. The summed E-state index contributed by atoms with van der Waals surface area (Å²) in [5, 5.41) is 22.4. The fourth-order valence-electron chi connectivity index (χ4n) is 3.51. The van der Waals surface area contributed by atoms with Crippen molar-refractivity contribution in [2.75, 3.05) is 12.4 Å². The summed E-state index contributed by atoms with van der Waals surface area (Å²) in [5.74, 6) is -1.98. The maximum absolute atomic E-state index is 13.4. The Balaban J connectivity index is 1.92. The van der Waals surface area contributed by atoms with Crippen LogP contribution in [0.4, 0.5) is 10.1 Å². The van der Waals surface area contributed by atoms with Crippen molar-refractivity contribution in [2.24, 2.45) is 0 Å². The second-order valence-corrected chi connectivity index (χ2v) is 7.65. The van der Waals surface area contributed by atoms with Gasteiger partial charge in [-0.25, -0.2) is 9.18 Å². The Morgan fingerprint density at radius 3 is 2.62 bits per heavy atom. The fraction of sp³-hybridized carbons (Fsp3) is 0.143. The number of carboxylic acids is 1. The third kappa shape index (κ3) is 3.31. The van der Waals surface area contributed by atoms with Crippen LogP contribution in [-0.2, 0) is 4.79 Å². The van der Waals surface area contributed by atoms with Gasteiger partial charge < -0.3 is 20.3 Å². The van der Waals surface area contributed by atoms with Gasteiger partial charge in [0.25, 0.3) is 0 Å². The summed E-state index contributed by atoms with van der Waals surface area (Å²) in [4.78, 5) is 25.1. The van der Waals surface area contributed by atoms with Gasteiger partial charge in [0.1, 0.15) is 10.7 Å². The Hall–Kier alpha value is -3.39. The highest BCUT2D eigenvalue weighted by Crippen LogP contribution is 2.50. The first-order chi connectivity index (χ1) is 13.9. The minimum Gasteiger partial charge on any atom is -0.504 e. The lowest BCUT2D eigenvalue weighted by Crippen LogP contribution is -2.22. The molecule has 3 N–H and O–H groups in total. The molecule has 0 spiro atoms. The van der Waals surface area contributed by atoms with Crippen molar-refractivity contribution in [2.45, 2.75) is 12.3 Å². The number of carbonyl (C=O) groups is 2. The summed E-state index contributed by atoms with van der Waals surface area (Å²) in [6.07, 6.45) is 0.128. The van der Waals surface area contributed by atoms with E-state index in [4.69, 9.17) is 4.74 Å². The van der Waals surface area contributed by atoms with E-state index in [1.807, 2.05) is 0 Å². The van der Waals surface area contributed by atoms with Crippen LogP contribution in [0.2, 0.25) is 0 Å². The average Bonchev–Trinajstić information content (AvgIpc) is 3.08. The number of benzene rings is 2. The lowest BCUT2D eigenvalue weighted by molar-refractivity contribution is -0.116. The molecule has 1 atom stereocenters. The van der Waals surface area contributed by atoms with Crippen molar-refractivity contribution in [1.29, 1.82) is 0 Å². The molecule has 6 nitrogen and oxygen atoms in total. The van der Waals surface area contributed by atoms with Gasteiger partial charge in [0.05, 0.1) is 12.8 Å². The molecule has 3 aromatic rings. The van der Waals surface area contributed by atoms with E-state index in [1.165, 1.54) is 37.4 Å². The quantitative estimate of drug-likeness (QED) is 0.588. The molecular weight excluding hydrogens is 397 g/mol. The third-order valence-corrected chi connectivity index (χ3v) is 6.13. The van der Waals surface area contributed by atoms with E-state index < -0.39 is 17.7 Å². The number of aromatic hydroxyl groups is 1. The van der Waals surface area contributed by atoms with Crippen molar-refractivity contribution in [3.05, 3.63) is 63.6 Å². The molecule has 0 saturated carbocycles. The van der Waals surface area contributed by atoms with Gasteiger partial charge >= 0.3 is 5.97 Å². The molecule has 148 valence electrons. The first kappa shape index (κ1) is 18.9. The Morgan fingerprint density at radius 2 is 1.97 bits per heavy atom. The van der Waals surface area contributed by atoms with Crippen molar-refractivity contribution >= 4 is 28.9 Å². The third-order valence-electron chi connectivity index (χ3n) is 4.84. The largest absolute Gasteiger partial charge is 0.504 e. The molecule has 1 aliphatic rings. The van der Waals surface area contributed by atoms with Gasteiger partial charge in [-0.3, -0.25) is 4.79 Å². The van der Waals surface area contributed by atoms with Crippen LogP contribution < -0.4 is 10.1 Å². The van der Waals surface area contributed by atoms with Gasteiger partial charge in [-0.1, -0.05) is 18.2 Å². The number of hydrogen-bond acceptors (Lipinski definition) is 5. The number of hydrogen-bond donors (Lipinski definition) is 3. The summed E-state index contributed by atoms with van der Waals surface area (Å²) in [6, 6.07) is 10.3. The predicted molar refractivity (Wildman–Crippen MR) is 106 cm³/mol. The highest BCUT2D eigenvalue weighted by Gasteiger charge is 2.34. The molecule has 4 rings (SSSR count). The fourth-order valence-corrected chi connectivity index (χ4v) is 4.76. The predicted octanol–water partition coefficient (Wildman–Crippen LogP) is 4.44. The standard InChI is InChI=1S/C21H16FNO5S/c1-28-15-8-11(4-7-14(15)24)13-9-16(25)23-18-17(10-2-5-12(22)6-3-10)20(21(26)27)29-19(13)18/h2-8,13,24H,9H2,1H3,(H,23,25)(H,26,27). The van der Waals surface area contributed by atoms with Crippen LogP contribution in [0.3, 0.4) is 0 Å². The second-order valence-electron chi connectivity index (χ2n) is 6.59. The molecule has 1 amide bonds. The summed E-state index contributed by atoms with van der Waals surface area (Å²) in [5.41, 5.74) is 2.01. The number of rotatable bonds is 4. The topological polar surface area (TPSA) is 95.9 Å². The highest BCUT2D eigenvalue weighted by molar-refractivity contribution is 7.15. The first-order valence-corrected chi connectivity index (χ1v) is 9.53. The normalized spacial score (nSPS) is 15.5. The number of aromatic carboxylic acids is 1. The van der Waals surface area contributed by atoms with E-state index in [1.54, 1.807) is 12.1 Å². The van der Waals surface area contributed by atoms with E-state index in [0.717, 1.165) is 16.9 Å². The van der Waals surface area contributed by atoms with Crippen molar-refractivity contribution in [3.8, 4) is 22.6 Å². The number of phenols is 1.